The van der Waals surface area contributed by atoms with Crippen LogP contribution < -0.4 is 14.2 Å². The third kappa shape index (κ3) is 4.71. The van der Waals surface area contributed by atoms with Crippen molar-refractivity contribution in [3.05, 3.63) is 48.4 Å². The van der Waals surface area contributed by atoms with E-state index in [0.717, 1.165) is 13.0 Å². The summed E-state index contributed by atoms with van der Waals surface area (Å²) in [5, 5.41) is 1.10. The van der Waals surface area contributed by atoms with E-state index in [4.69, 9.17) is 14.2 Å². The Kier molecular flexibility index (Phi) is 6.26. The molecule has 5 rings (SSSR count). The average molecular weight is 451 g/mol. The summed E-state index contributed by atoms with van der Waals surface area (Å²) in [6.45, 7) is 4.06. The van der Waals surface area contributed by atoms with Crippen molar-refractivity contribution in [2.75, 3.05) is 33.4 Å². The minimum Gasteiger partial charge on any atom is -0.493 e. The quantitative estimate of drug-likeness (QED) is 0.367. The maximum atomic E-state index is 14.9. The van der Waals surface area contributed by atoms with Gasteiger partial charge in [0, 0.05) is 29.7 Å². The average Bonchev–Trinajstić information content (AvgIpc) is 3.33. The molecule has 2 aromatic carbocycles. The SMILES string of the molecule is COc1nc(Oc2ccc3[nH]ccc3c2F)c2ccc(OCCCN3CCCCC3)cc2n1. The zero-order valence-electron chi connectivity index (χ0n) is 18.6. The smallest absolute Gasteiger partial charge is 0.320 e. The molecule has 7 nitrogen and oxygen atoms in total. The Morgan fingerprint density at radius 2 is 1.91 bits per heavy atom. The fraction of sp³-hybridized carbons (Fsp3) is 0.360. The minimum absolute atomic E-state index is 0.0854. The Hall–Kier alpha value is -3.39. The van der Waals surface area contributed by atoms with Crippen molar-refractivity contribution in [3.63, 3.8) is 0 Å². The number of aromatic nitrogens is 3. The Bertz CT molecular complexity index is 1250. The summed E-state index contributed by atoms with van der Waals surface area (Å²) in [5.74, 6) is 0.574. The molecular weight excluding hydrogens is 423 g/mol. The van der Waals surface area contributed by atoms with Crippen LogP contribution in [-0.2, 0) is 0 Å². The number of benzene rings is 2. The minimum atomic E-state index is -0.451. The second-order valence-corrected chi connectivity index (χ2v) is 8.22. The second kappa shape index (κ2) is 9.62. The highest BCUT2D eigenvalue weighted by Crippen LogP contribution is 2.34. The maximum absolute atomic E-state index is 14.9. The molecule has 0 unspecified atom stereocenters. The van der Waals surface area contributed by atoms with Gasteiger partial charge in [0.2, 0.25) is 5.88 Å². The van der Waals surface area contributed by atoms with Crippen LogP contribution in [0, 0.1) is 5.82 Å². The molecule has 0 spiro atoms. The molecular formula is C25H27FN4O3. The van der Waals surface area contributed by atoms with Crippen LogP contribution in [0.15, 0.2) is 42.6 Å². The van der Waals surface area contributed by atoms with Crippen molar-refractivity contribution in [1.29, 1.82) is 0 Å². The van der Waals surface area contributed by atoms with Crippen LogP contribution in [0.2, 0.25) is 0 Å². The van der Waals surface area contributed by atoms with Gasteiger partial charge in [-0.25, -0.2) is 4.39 Å². The van der Waals surface area contributed by atoms with E-state index in [-0.39, 0.29) is 17.6 Å². The Labute approximate surface area is 191 Å². The summed E-state index contributed by atoms with van der Waals surface area (Å²) in [6.07, 6.45) is 6.59. The summed E-state index contributed by atoms with van der Waals surface area (Å²) in [5.41, 5.74) is 1.31. The van der Waals surface area contributed by atoms with Crippen molar-refractivity contribution < 1.29 is 18.6 Å². The van der Waals surface area contributed by atoms with Gasteiger partial charge in [0.1, 0.15) is 5.75 Å². The molecule has 3 heterocycles. The van der Waals surface area contributed by atoms with Crippen molar-refractivity contribution >= 4 is 21.8 Å². The number of likely N-dealkylation sites (tertiary alicyclic amines) is 1. The monoisotopic (exact) mass is 450 g/mol. The normalized spacial score (nSPS) is 14.6. The standard InChI is InChI=1S/C25H27FN4O3/c1-31-25-28-21-16-17(32-15-5-14-30-12-3-2-4-13-30)6-7-19(21)24(29-25)33-22-9-8-20-18(23(22)26)10-11-27-20/h6-11,16,27H,2-5,12-15H2,1H3. The molecule has 4 aromatic rings. The molecule has 1 N–H and O–H groups in total. The molecule has 1 aliphatic rings. The van der Waals surface area contributed by atoms with Crippen molar-refractivity contribution in [3.8, 4) is 23.4 Å². The van der Waals surface area contributed by atoms with Crippen LogP contribution >= 0.6 is 0 Å². The molecule has 1 aliphatic heterocycles. The van der Waals surface area contributed by atoms with Gasteiger partial charge >= 0.3 is 6.01 Å². The number of halogens is 1. The molecule has 0 aliphatic carbocycles. The summed E-state index contributed by atoms with van der Waals surface area (Å²) in [6, 6.07) is 10.7. The summed E-state index contributed by atoms with van der Waals surface area (Å²) >= 11 is 0. The Balaban J connectivity index is 1.33. The number of rotatable bonds is 8. The molecule has 1 fully saturated rings. The summed E-state index contributed by atoms with van der Waals surface area (Å²) < 4.78 is 32.0. The molecule has 172 valence electrons. The van der Waals surface area contributed by atoms with Gasteiger partial charge in [-0.15, -0.1) is 0 Å². The van der Waals surface area contributed by atoms with Crippen LogP contribution in [0.1, 0.15) is 25.7 Å². The molecule has 0 amide bonds. The third-order valence-corrected chi connectivity index (χ3v) is 5.97. The van der Waals surface area contributed by atoms with E-state index >= 15 is 0 Å². The van der Waals surface area contributed by atoms with Gasteiger partial charge in [0.15, 0.2) is 11.6 Å². The van der Waals surface area contributed by atoms with Gasteiger partial charge in [-0.05, 0) is 62.7 Å². The van der Waals surface area contributed by atoms with E-state index < -0.39 is 5.82 Å². The predicted molar refractivity (Wildman–Crippen MR) is 125 cm³/mol. The van der Waals surface area contributed by atoms with Gasteiger partial charge in [0.25, 0.3) is 0 Å². The first-order valence-electron chi connectivity index (χ1n) is 11.4. The van der Waals surface area contributed by atoms with Crippen molar-refractivity contribution in [2.24, 2.45) is 0 Å². The summed E-state index contributed by atoms with van der Waals surface area (Å²) in [4.78, 5) is 14.2. The van der Waals surface area contributed by atoms with Crippen LogP contribution in [-0.4, -0.2) is 53.2 Å². The van der Waals surface area contributed by atoms with Crippen molar-refractivity contribution in [2.45, 2.75) is 25.7 Å². The topological polar surface area (TPSA) is 72.5 Å². The first-order valence-corrected chi connectivity index (χ1v) is 11.4. The molecule has 0 saturated carbocycles. The number of fused-ring (bicyclic) bond motifs is 2. The zero-order valence-corrected chi connectivity index (χ0v) is 18.6. The number of nitrogens with one attached hydrogen (secondary N) is 1. The molecule has 0 radical (unpaired) electrons. The van der Waals surface area contributed by atoms with Crippen LogP contribution in [0.3, 0.4) is 0 Å². The number of nitrogens with zero attached hydrogens (tertiary/aromatic N) is 3. The fourth-order valence-corrected chi connectivity index (χ4v) is 4.24. The van der Waals surface area contributed by atoms with Crippen LogP contribution in [0.5, 0.6) is 23.4 Å². The van der Waals surface area contributed by atoms with Gasteiger partial charge in [0.05, 0.1) is 24.6 Å². The van der Waals surface area contributed by atoms with E-state index in [9.17, 15) is 4.39 Å². The fourth-order valence-electron chi connectivity index (χ4n) is 4.24. The second-order valence-electron chi connectivity index (χ2n) is 8.22. The van der Waals surface area contributed by atoms with Gasteiger partial charge in [-0.3, -0.25) is 0 Å². The highest BCUT2D eigenvalue weighted by Gasteiger charge is 2.16. The lowest BCUT2D eigenvalue weighted by Crippen LogP contribution is -2.31. The lowest BCUT2D eigenvalue weighted by molar-refractivity contribution is 0.205. The molecule has 8 heteroatoms. The van der Waals surface area contributed by atoms with E-state index in [1.807, 2.05) is 18.2 Å². The maximum Gasteiger partial charge on any atom is 0.320 e. The largest absolute Gasteiger partial charge is 0.493 e. The number of hydrogen-bond acceptors (Lipinski definition) is 6. The predicted octanol–water partition coefficient (Wildman–Crippen LogP) is 5.31. The first kappa shape index (κ1) is 21.5. The van der Waals surface area contributed by atoms with E-state index in [1.54, 1.807) is 24.4 Å². The van der Waals surface area contributed by atoms with Crippen LogP contribution in [0.25, 0.3) is 21.8 Å². The molecule has 0 bridgehead atoms. The lowest BCUT2D eigenvalue weighted by atomic mass is 10.1. The Morgan fingerprint density at radius 3 is 2.76 bits per heavy atom. The van der Waals surface area contributed by atoms with Gasteiger partial charge in [-0.2, -0.15) is 9.97 Å². The van der Waals surface area contributed by atoms with E-state index in [1.165, 1.54) is 39.5 Å². The molecule has 33 heavy (non-hydrogen) atoms. The molecule has 2 aromatic heterocycles. The number of H-pyrrole nitrogens is 1. The number of aromatic amines is 1. The highest BCUT2D eigenvalue weighted by molar-refractivity contribution is 5.86. The highest BCUT2D eigenvalue weighted by atomic mass is 19.1. The first-order chi connectivity index (χ1) is 16.2. The number of ether oxygens (including phenoxy) is 3. The van der Waals surface area contributed by atoms with E-state index in [2.05, 4.69) is 19.9 Å². The zero-order chi connectivity index (χ0) is 22.6. The summed E-state index contributed by atoms with van der Waals surface area (Å²) in [7, 11) is 1.48. The lowest BCUT2D eigenvalue weighted by Gasteiger charge is -2.26. The number of piperidine rings is 1. The van der Waals surface area contributed by atoms with E-state index in [0.29, 0.717) is 34.2 Å². The van der Waals surface area contributed by atoms with Crippen molar-refractivity contribution in [1.82, 2.24) is 19.9 Å². The number of hydrogen-bond donors (Lipinski definition) is 1. The van der Waals surface area contributed by atoms with Crippen LogP contribution in [0.4, 0.5) is 4.39 Å². The van der Waals surface area contributed by atoms with Gasteiger partial charge < -0.3 is 24.1 Å². The third-order valence-electron chi connectivity index (χ3n) is 5.97. The molecule has 1 saturated heterocycles. The van der Waals surface area contributed by atoms with Gasteiger partial charge in [-0.1, -0.05) is 6.42 Å². The molecule has 0 atom stereocenters. The Morgan fingerprint density at radius 1 is 1.03 bits per heavy atom. The number of methoxy groups -OCH3 is 1.